The SMILES string of the molecule is CCCOc1ccc(C(O)c2cccc(F)c2Br)cc1Br. The molecule has 0 aromatic heterocycles. The predicted molar refractivity (Wildman–Crippen MR) is 88.1 cm³/mol. The zero-order valence-corrected chi connectivity index (χ0v) is 14.6. The van der Waals surface area contributed by atoms with E-state index in [2.05, 4.69) is 31.9 Å². The van der Waals surface area contributed by atoms with Gasteiger partial charge in [0, 0.05) is 5.56 Å². The molecule has 21 heavy (non-hydrogen) atoms. The van der Waals surface area contributed by atoms with Crippen LogP contribution in [0.15, 0.2) is 45.3 Å². The van der Waals surface area contributed by atoms with Crippen LogP contribution in [0.1, 0.15) is 30.6 Å². The van der Waals surface area contributed by atoms with Gasteiger partial charge >= 0.3 is 0 Å². The topological polar surface area (TPSA) is 29.5 Å². The van der Waals surface area contributed by atoms with E-state index in [-0.39, 0.29) is 4.47 Å². The molecule has 0 aliphatic rings. The van der Waals surface area contributed by atoms with Crippen molar-refractivity contribution in [2.45, 2.75) is 19.4 Å². The predicted octanol–water partition coefficient (Wildman–Crippen LogP) is 5.22. The van der Waals surface area contributed by atoms with Gasteiger partial charge in [-0.2, -0.15) is 0 Å². The number of ether oxygens (including phenoxy) is 1. The first kappa shape index (κ1) is 16.5. The lowest BCUT2D eigenvalue weighted by molar-refractivity contribution is 0.218. The summed E-state index contributed by atoms with van der Waals surface area (Å²) in [5, 5.41) is 10.4. The minimum Gasteiger partial charge on any atom is -0.492 e. The molecule has 0 aliphatic carbocycles. The monoisotopic (exact) mass is 416 g/mol. The van der Waals surface area contributed by atoms with Crippen molar-refractivity contribution in [2.75, 3.05) is 6.61 Å². The lowest BCUT2D eigenvalue weighted by atomic mass is 10.0. The minimum atomic E-state index is -0.911. The normalized spacial score (nSPS) is 12.2. The highest BCUT2D eigenvalue weighted by molar-refractivity contribution is 9.10. The van der Waals surface area contributed by atoms with Gasteiger partial charge in [-0.15, -0.1) is 0 Å². The Hall–Kier alpha value is -0.910. The fourth-order valence-electron chi connectivity index (χ4n) is 1.93. The maximum Gasteiger partial charge on any atom is 0.137 e. The van der Waals surface area contributed by atoms with E-state index in [0.717, 1.165) is 16.6 Å². The summed E-state index contributed by atoms with van der Waals surface area (Å²) < 4.78 is 20.2. The first-order chi connectivity index (χ1) is 10.0. The number of hydrogen-bond acceptors (Lipinski definition) is 2. The summed E-state index contributed by atoms with van der Waals surface area (Å²) >= 11 is 6.60. The van der Waals surface area contributed by atoms with E-state index >= 15 is 0 Å². The Bertz CT molecular complexity index is 632. The Labute approximate surface area is 140 Å². The van der Waals surface area contributed by atoms with E-state index in [4.69, 9.17) is 4.74 Å². The van der Waals surface area contributed by atoms with Crippen LogP contribution in [0.3, 0.4) is 0 Å². The average molecular weight is 418 g/mol. The van der Waals surface area contributed by atoms with Crippen molar-refractivity contribution in [1.29, 1.82) is 0 Å². The highest BCUT2D eigenvalue weighted by Crippen LogP contribution is 2.34. The van der Waals surface area contributed by atoms with Gasteiger partial charge in [-0.25, -0.2) is 4.39 Å². The third-order valence-corrected chi connectivity index (χ3v) is 4.47. The molecule has 1 unspecified atom stereocenters. The molecule has 2 aromatic rings. The van der Waals surface area contributed by atoms with Gasteiger partial charge in [-0.1, -0.05) is 25.1 Å². The van der Waals surface area contributed by atoms with Crippen molar-refractivity contribution in [2.24, 2.45) is 0 Å². The summed E-state index contributed by atoms with van der Waals surface area (Å²) in [5.74, 6) is 0.333. The summed E-state index contributed by atoms with van der Waals surface area (Å²) in [7, 11) is 0. The molecule has 0 spiro atoms. The van der Waals surface area contributed by atoms with Gasteiger partial charge in [-0.05, 0) is 62.0 Å². The van der Waals surface area contributed by atoms with E-state index in [1.54, 1.807) is 30.3 Å². The zero-order valence-electron chi connectivity index (χ0n) is 11.4. The molecule has 1 N–H and O–H groups in total. The molecule has 2 rings (SSSR count). The van der Waals surface area contributed by atoms with E-state index in [1.165, 1.54) is 6.07 Å². The zero-order chi connectivity index (χ0) is 15.4. The molecule has 0 aliphatic heterocycles. The number of aliphatic hydroxyl groups excluding tert-OH is 1. The molecular formula is C16H15Br2FO2. The number of hydrogen-bond donors (Lipinski definition) is 1. The van der Waals surface area contributed by atoms with Gasteiger partial charge in [0.05, 0.1) is 15.6 Å². The third-order valence-electron chi connectivity index (χ3n) is 3.01. The Morgan fingerprint density at radius 2 is 2.00 bits per heavy atom. The molecule has 0 bridgehead atoms. The highest BCUT2D eigenvalue weighted by atomic mass is 79.9. The summed E-state index contributed by atoms with van der Waals surface area (Å²) in [6.07, 6.45) is 0.0131. The molecule has 0 radical (unpaired) electrons. The second-order valence-electron chi connectivity index (χ2n) is 4.58. The summed E-state index contributed by atoms with van der Waals surface area (Å²) in [6, 6.07) is 9.97. The van der Waals surface area contributed by atoms with Crippen LogP contribution in [0.4, 0.5) is 4.39 Å². The maximum atomic E-state index is 13.6. The van der Waals surface area contributed by atoms with Crippen LogP contribution >= 0.6 is 31.9 Å². The van der Waals surface area contributed by atoms with Crippen molar-refractivity contribution in [1.82, 2.24) is 0 Å². The Morgan fingerprint density at radius 1 is 1.24 bits per heavy atom. The van der Waals surface area contributed by atoms with E-state index < -0.39 is 11.9 Å². The number of benzene rings is 2. The van der Waals surface area contributed by atoms with Gasteiger partial charge < -0.3 is 9.84 Å². The Kier molecular flexibility index (Phi) is 5.79. The molecule has 2 aromatic carbocycles. The quantitative estimate of drug-likeness (QED) is 0.722. The highest BCUT2D eigenvalue weighted by Gasteiger charge is 2.17. The molecule has 0 fully saturated rings. The largest absolute Gasteiger partial charge is 0.492 e. The van der Waals surface area contributed by atoms with Crippen molar-refractivity contribution < 1.29 is 14.2 Å². The van der Waals surface area contributed by atoms with Gasteiger partial charge in [-0.3, -0.25) is 0 Å². The second kappa shape index (κ2) is 7.38. The number of rotatable bonds is 5. The van der Waals surface area contributed by atoms with Crippen LogP contribution in [-0.2, 0) is 0 Å². The molecule has 0 heterocycles. The van der Waals surface area contributed by atoms with Crippen LogP contribution in [-0.4, -0.2) is 11.7 Å². The molecule has 2 nitrogen and oxygen atoms in total. The molecule has 0 saturated carbocycles. The minimum absolute atomic E-state index is 0.278. The van der Waals surface area contributed by atoms with Crippen molar-refractivity contribution >= 4 is 31.9 Å². The van der Waals surface area contributed by atoms with Gasteiger partial charge in [0.15, 0.2) is 0 Å². The first-order valence-electron chi connectivity index (χ1n) is 6.58. The average Bonchev–Trinajstić information content (AvgIpc) is 2.48. The van der Waals surface area contributed by atoms with Crippen molar-refractivity contribution in [3.63, 3.8) is 0 Å². The molecule has 0 amide bonds. The number of aliphatic hydroxyl groups is 1. The van der Waals surface area contributed by atoms with Crippen LogP contribution < -0.4 is 4.74 Å². The third kappa shape index (κ3) is 3.84. The van der Waals surface area contributed by atoms with E-state index in [9.17, 15) is 9.50 Å². The second-order valence-corrected chi connectivity index (χ2v) is 6.23. The molecule has 1 atom stereocenters. The van der Waals surface area contributed by atoms with E-state index in [0.29, 0.717) is 17.7 Å². The molecular weight excluding hydrogens is 403 g/mol. The van der Waals surface area contributed by atoms with Crippen molar-refractivity contribution in [3.05, 3.63) is 62.3 Å². The molecule has 112 valence electrons. The summed E-state index contributed by atoms with van der Waals surface area (Å²) in [6.45, 7) is 2.67. The maximum absolute atomic E-state index is 13.6. The van der Waals surface area contributed by atoms with E-state index in [1.807, 2.05) is 6.92 Å². The lowest BCUT2D eigenvalue weighted by Crippen LogP contribution is -2.03. The fraction of sp³-hybridized carbons (Fsp3) is 0.250. The van der Waals surface area contributed by atoms with Gasteiger partial charge in [0.25, 0.3) is 0 Å². The van der Waals surface area contributed by atoms with Gasteiger partial charge in [0.2, 0.25) is 0 Å². The van der Waals surface area contributed by atoms with Crippen molar-refractivity contribution in [3.8, 4) is 5.75 Å². The molecule has 5 heteroatoms. The molecule has 0 saturated heterocycles. The summed E-state index contributed by atoms with van der Waals surface area (Å²) in [5.41, 5.74) is 1.15. The van der Waals surface area contributed by atoms with Gasteiger partial charge in [0.1, 0.15) is 17.7 Å². The summed E-state index contributed by atoms with van der Waals surface area (Å²) in [4.78, 5) is 0. The van der Waals surface area contributed by atoms with Crippen LogP contribution in [0, 0.1) is 5.82 Å². The van der Waals surface area contributed by atoms with Crippen LogP contribution in [0.5, 0.6) is 5.75 Å². The standard InChI is InChI=1S/C16H15Br2FO2/c1-2-8-21-14-7-6-10(9-12(14)17)16(20)11-4-3-5-13(19)15(11)18/h3-7,9,16,20H,2,8H2,1H3. The first-order valence-corrected chi connectivity index (χ1v) is 8.17. The fourth-order valence-corrected chi connectivity index (χ4v) is 2.92. The Morgan fingerprint density at radius 3 is 2.67 bits per heavy atom. The lowest BCUT2D eigenvalue weighted by Gasteiger charge is -2.15. The number of halogens is 3. The smallest absolute Gasteiger partial charge is 0.137 e. The Balaban J connectivity index is 2.29. The van der Waals surface area contributed by atoms with Crippen LogP contribution in [0.25, 0.3) is 0 Å². The van der Waals surface area contributed by atoms with Crippen LogP contribution in [0.2, 0.25) is 0 Å².